The summed E-state index contributed by atoms with van der Waals surface area (Å²) < 4.78 is 30.0. The lowest BCUT2D eigenvalue weighted by molar-refractivity contribution is -0.139. The predicted octanol–water partition coefficient (Wildman–Crippen LogP) is 1.78. The number of aliphatic hydroxyl groups excluding tert-OH is 5. The van der Waals surface area contributed by atoms with E-state index in [0.29, 0.717) is 16.9 Å². The normalized spacial score (nSPS) is 33.5. The summed E-state index contributed by atoms with van der Waals surface area (Å²) in [6.45, 7) is 3.35. The van der Waals surface area contributed by atoms with Gasteiger partial charge >= 0.3 is 0 Å². The van der Waals surface area contributed by atoms with Crippen molar-refractivity contribution < 1.29 is 54.0 Å². The van der Waals surface area contributed by atoms with Crippen molar-refractivity contribution in [3.8, 4) is 17.2 Å². The van der Waals surface area contributed by atoms with E-state index in [1.165, 1.54) is 49.4 Å². The van der Waals surface area contributed by atoms with Crippen molar-refractivity contribution in [2.45, 2.75) is 82.1 Å². The maximum atomic E-state index is 13.1. The molecule has 3 fully saturated rings. The number of carbonyl (C=O) groups is 1. The van der Waals surface area contributed by atoms with E-state index in [4.69, 9.17) is 14.2 Å². The molecule has 0 bridgehead atoms. The molecule has 0 radical (unpaired) electrons. The number of carbonyl (C=O) groups excluding carboxylic acids is 1. The first-order valence-corrected chi connectivity index (χ1v) is 15.0. The molecule has 0 spiro atoms. The molecule has 1 saturated heterocycles. The van der Waals surface area contributed by atoms with Crippen LogP contribution in [0.1, 0.15) is 38.7 Å². The summed E-state index contributed by atoms with van der Waals surface area (Å²) in [5.41, 5.74) is 1.25. The van der Waals surface area contributed by atoms with Crippen LogP contribution in [0, 0.1) is 17.7 Å². The Kier molecular flexibility index (Phi) is 10.1. The van der Waals surface area contributed by atoms with E-state index >= 15 is 0 Å². The Morgan fingerprint density at radius 3 is 2.33 bits per heavy atom. The molecule has 2 aromatic carbocycles. The highest BCUT2D eigenvalue weighted by Gasteiger charge is 2.51. The summed E-state index contributed by atoms with van der Waals surface area (Å²) in [5, 5.41) is 66.3. The Hall–Kier alpha value is -3.52. The van der Waals surface area contributed by atoms with Gasteiger partial charge in [0.05, 0.1) is 18.2 Å². The van der Waals surface area contributed by atoms with Crippen LogP contribution in [0.25, 0.3) is 6.08 Å². The lowest BCUT2D eigenvalue weighted by Gasteiger charge is -2.43. The minimum Gasteiger partial charge on any atom is -0.504 e. The lowest BCUT2D eigenvalue weighted by Crippen LogP contribution is -2.63. The molecule has 12 heteroatoms. The summed E-state index contributed by atoms with van der Waals surface area (Å²) >= 11 is 0. The average Bonchev–Trinajstić information content (AvgIpc) is 3.62. The molecule has 5 rings (SSSR count). The second kappa shape index (κ2) is 13.9. The number of fused-ring (bicyclic) bond motifs is 1. The van der Waals surface area contributed by atoms with Gasteiger partial charge in [-0.3, -0.25) is 4.79 Å². The molecule has 1 heterocycles. The third-order valence-electron chi connectivity index (χ3n) is 8.99. The van der Waals surface area contributed by atoms with Crippen molar-refractivity contribution in [1.29, 1.82) is 0 Å². The van der Waals surface area contributed by atoms with Crippen LogP contribution in [0.3, 0.4) is 0 Å². The van der Waals surface area contributed by atoms with Gasteiger partial charge in [0.2, 0.25) is 12.2 Å². The van der Waals surface area contributed by atoms with Gasteiger partial charge in [-0.2, -0.15) is 0 Å². The third kappa shape index (κ3) is 7.16. The first kappa shape index (κ1) is 32.9. The zero-order valence-electron chi connectivity index (χ0n) is 25.0. The number of ether oxygens (including phenoxy) is 3. The van der Waals surface area contributed by atoms with Gasteiger partial charge in [0, 0.05) is 5.57 Å². The van der Waals surface area contributed by atoms with Crippen LogP contribution in [0.15, 0.2) is 59.7 Å². The average molecular weight is 630 g/mol. The zero-order chi connectivity index (χ0) is 32.4. The predicted molar refractivity (Wildman–Crippen MR) is 159 cm³/mol. The van der Waals surface area contributed by atoms with E-state index < -0.39 is 54.9 Å². The van der Waals surface area contributed by atoms with Gasteiger partial charge in [-0.25, -0.2) is 4.39 Å². The van der Waals surface area contributed by atoms with Crippen LogP contribution in [0.5, 0.6) is 17.2 Å². The Morgan fingerprint density at radius 2 is 1.64 bits per heavy atom. The highest BCUT2D eigenvalue weighted by atomic mass is 19.1. The molecular formula is C33H40FNO10. The number of benzene rings is 2. The van der Waals surface area contributed by atoms with Crippen molar-refractivity contribution in [1.82, 2.24) is 5.32 Å². The Morgan fingerprint density at radius 1 is 0.956 bits per heavy atom. The van der Waals surface area contributed by atoms with E-state index in [9.17, 15) is 39.8 Å². The second-order valence-electron chi connectivity index (χ2n) is 12.0. The summed E-state index contributed by atoms with van der Waals surface area (Å²) in [6.07, 6.45) is -2.80. The summed E-state index contributed by atoms with van der Waals surface area (Å²) in [5.74, 6) is -1.18. The first-order chi connectivity index (χ1) is 21.4. The van der Waals surface area contributed by atoms with Crippen molar-refractivity contribution in [3.05, 3.63) is 71.1 Å². The van der Waals surface area contributed by atoms with Crippen LogP contribution in [-0.2, 0) is 9.53 Å². The Bertz CT molecular complexity index is 1410. The molecule has 10 atom stereocenters. The number of aromatic hydroxyl groups is 1. The highest BCUT2D eigenvalue weighted by molar-refractivity contribution is 5.97. The molecule has 45 heavy (non-hydrogen) atoms. The smallest absolute Gasteiger partial charge is 0.247 e. The molecule has 2 aliphatic carbocycles. The summed E-state index contributed by atoms with van der Waals surface area (Å²) in [6, 6.07) is 8.84. The highest BCUT2D eigenvalue weighted by Crippen LogP contribution is 2.43. The van der Waals surface area contributed by atoms with Crippen molar-refractivity contribution in [2.75, 3.05) is 6.61 Å². The van der Waals surface area contributed by atoms with Gasteiger partial charge in [-0.15, -0.1) is 0 Å². The SMILES string of the molecule is C/C(=C\c1ccc(O[C@@H]2O[C@H](/C(C)=C/COc3ccc(F)cc3)[C@@H](O)[C@@H]2O)c(O)c1)C(=O)N[C@@H]1[C@H](O)[C@@H](O)[C@H]2CCC[C@H]2[C@@H]1O. The number of phenolic OH excluding ortho intramolecular Hbond substituents is 1. The number of rotatable bonds is 9. The Balaban J connectivity index is 1.18. The molecule has 11 nitrogen and oxygen atoms in total. The number of hydrogen-bond acceptors (Lipinski definition) is 10. The minimum absolute atomic E-state index is 0.0269. The van der Waals surface area contributed by atoms with Gasteiger partial charge in [-0.05, 0) is 98.2 Å². The first-order valence-electron chi connectivity index (χ1n) is 15.0. The topological polar surface area (TPSA) is 178 Å². The maximum absolute atomic E-state index is 13.1. The van der Waals surface area contributed by atoms with Crippen LogP contribution >= 0.6 is 0 Å². The van der Waals surface area contributed by atoms with Gasteiger partial charge < -0.3 is 50.2 Å². The molecule has 244 valence electrons. The standard InChI is InChI=1S/C33H40FNO10/c1-16(12-13-43-20-9-7-19(34)8-10-20)31-29(40)30(41)33(45-31)44-24-11-6-18(15-23(24)36)14-17(2)32(42)35-25-26(37)21-4-3-5-22(21)27(38)28(25)39/h6-12,14-15,21-22,25-31,33,36-41H,3-5,13H2,1-2H3,(H,35,42)/b16-12+,17-14+/t21-,22+,25+,26+,27+,28+,29+,30+,31-,33-/m1/s1. The molecule has 3 aliphatic rings. The van der Waals surface area contributed by atoms with E-state index in [1.807, 2.05) is 0 Å². The molecule has 2 aromatic rings. The molecular weight excluding hydrogens is 589 g/mol. The molecule has 1 aliphatic heterocycles. The van der Waals surface area contributed by atoms with Crippen molar-refractivity contribution in [2.24, 2.45) is 11.8 Å². The van der Waals surface area contributed by atoms with Crippen LogP contribution < -0.4 is 14.8 Å². The third-order valence-corrected chi connectivity index (χ3v) is 8.99. The quantitative estimate of drug-likeness (QED) is 0.160. The van der Waals surface area contributed by atoms with Gasteiger partial charge in [0.25, 0.3) is 0 Å². The van der Waals surface area contributed by atoms with Crippen LogP contribution in [0.2, 0.25) is 0 Å². The van der Waals surface area contributed by atoms with Gasteiger partial charge in [0.15, 0.2) is 11.5 Å². The van der Waals surface area contributed by atoms with E-state index in [-0.39, 0.29) is 41.3 Å². The molecule has 2 saturated carbocycles. The maximum Gasteiger partial charge on any atom is 0.247 e. The number of halogens is 1. The molecule has 0 unspecified atom stereocenters. The van der Waals surface area contributed by atoms with Crippen LogP contribution in [0.4, 0.5) is 4.39 Å². The zero-order valence-corrected chi connectivity index (χ0v) is 25.0. The van der Waals surface area contributed by atoms with E-state index in [0.717, 1.165) is 19.3 Å². The number of amides is 1. The fourth-order valence-corrected chi connectivity index (χ4v) is 6.44. The van der Waals surface area contributed by atoms with Gasteiger partial charge in [0.1, 0.15) is 42.6 Å². The lowest BCUT2D eigenvalue weighted by atomic mass is 9.73. The number of aliphatic hydroxyl groups is 5. The number of phenols is 1. The monoisotopic (exact) mass is 629 g/mol. The van der Waals surface area contributed by atoms with E-state index in [2.05, 4.69) is 5.32 Å². The molecule has 1 amide bonds. The number of nitrogens with one attached hydrogen (secondary N) is 1. The van der Waals surface area contributed by atoms with E-state index in [1.54, 1.807) is 19.1 Å². The second-order valence-corrected chi connectivity index (χ2v) is 12.0. The number of hydrogen-bond donors (Lipinski definition) is 7. The molecule has 7 N–H and O–H groups in total. The molecule has 0 aromatic heterocycles. The van der Waals surface area contributed by atoms with Gasteiger partial charge in [-0.1, -0.05) is 12.5 Å². The summed E-state index contributed by atoms with van der Waals surface area (Å²) in [4.78, 5) is 12.9. The minimum atomic E-state index is -1.43. The van der Waals surface area contributed by atoms with Crippen LogP contribution in [-0.4, -0.2) is 92.1 Å². The Labute approximate surface area is 260 Å². The summed E-state index contributed by atoms with van der Waals surface area (Å²) in [7, 11) is 0. The van der Waals surface area contributed by atoms with Crippen molar-refractivity contribution >= 4 is 12.0 Å². The van der Waals surface area contributed by atoms with Crippen molar-refractivity contribution in [3.63, 3.8) is 0 Å². The largest absolute Gasteiger partial charge is 0.504 e. The fraction of sp³-hybridized carbons (Fsp3) is 0.485. The fourth-order valence-electron chi connectivity index (χ4n) is 6.44.